The van der Waals surface area contributed by atoms with E-state index < -0.39 is 6.04 Å². The summed E-state index contributed by atoms with van der Waals surface area (Å²) in [5, 5.41) is 13.2. The van der Waals surface area contributed by atoms with Gasteiger partial charge in [-0.3, -0.25) is 14.5 Å². The van der Waals surface area contributed by atoms with Crippen LogP contribution in [-0.4, -0.2) is 44.7 Å². The van der Waals surface area contributed by atoms with Crippen LogP contribution in [0.3, 0.4) is 0 Å². The third kappa shape index (κ3) is 3.40. The fourth-order valence-corrected chi connectivity index (χ4v) is 4.96. The lowest BCUT2D eigenvalue weighted by Crippen LogP contribution is -2.48. The van der Waals surface area contributed by atoms with Crippen molar-refractivity contribution in [1.82, 2.24) is 19.8 Å². The van der Waals surface area contributed by atoms with E-state index in [0.29, 0.717) is 30.9 Å². The summed E-state index contributed by atoms with van der Waals surface area (Å²) in [5.41, 5.74) is 2.20. The SMILES string of the molecule is CC=Cc1ccc2n(c1=O)C[C@H]1[C@H](CO)[C@@H](C(=O)NCCC)N(Cc3cocn3)[C@@H]21. The second-order valence-corrected chi connectivity index (χ2v) is 7.97. The Morgan fingerprint density at radius 1 is 1.43 bits per heavy atom. The zero-order valence-electron chi connectivity index (χ0n) is 17.3. The van der Waals surface area contributed by atoms with Gasteiger partial charge in [-0.1, -0.05) is 19.1 Å². The highest BCUT2D eigenvalue weighted by Crippen LogP contribution is 2.49. The zero-order valence-corrected chi connectivity index (χ0v) is 17.3. The Morgan fingerprint density at radius 2 is 2.27 bits per heavy atom. The number of fused-ring (bicyclic) bond motifs is 3. The highest BCUT2D eigenvalue weighted by molar-refractivity contribution is 5.82. The quantitative estimate of drug-likeness (QED) is 0.716. The number of pyridine rings is 1. The Labute approximate surface area is 175 Å². The van der Waals surface area contributed by atoms with Crippen molar-refractivity contribution in [2.45, 2.75) is 45.4 Å². The van der Waals surface area contributed by atoms with Gasteiger partial charge in [0.15, 0.2) is 6.39 Å². The Bertz CT molecular complexity index is 982. The van der Waals surface area contributed by atoms with Gasteiger partial charge in [-0.2, -0.15) is 0 Å². The molecule has 8 heteroatoms. The standard InChI is InChI=1S/C22H28N4O4/c1-3-5-14-6-7-18-19-16(10-25(18)22(14)29)17(11-27)20(21(28)23-8-4-2)26(19)9-15-12-30-13-24-15/h3,5-7,12-13,16-17,19-20,27H,4,8-11H2,1-2H3,(H,23,28)/t16-,17-,19+,20-/m0/s1. The molecule has 0 aliphatic carbocycles. The monoisotopic (exact) mass is 412 g/mol. The second kappa shape index (κ2) is 8.57. The van der Waals surface area contributed by atoms with Crippen LogP contribution in [0.4, 0.5) is 0 Å². The average molecular weight is 412 g/mol. The lowest BCUT2D eigenvalue weighted by atomic mass is 9.88. The number of oxazole rings is 1. The number of allylic oxidation sites excluding steroid dienone is 1. The number of likely N-dealkylation sites (tertiary alicyclic amines) is 1. The number of amides is 1. The molecule has 4 rings (SSSR count). The van der Waals surface area contributed by atoms with Crippen molar-refractivity contribution >= 4 is 12.0 Å². The van der Waals surface area contributed by atoms with E-state index in [2.05, 4.69) is 15.2 Å². The summed E-state index contributed by atoms with van der Waals surface area (Å²) >= 11 is 0. The number of hydrogen-bond donors (Lipinski definition) is 2. The predicted octanol–water partition coefficient (Wildman–Crippen LogP) is 1.56. The maximum absolute atomic E-state index is 13.1. The van der Waals surface area contributed by atoms with Crippen LogP contribution in [0.25, 0.3) is 6.08 Å². The third-order valence-electron chi connectivity index (χ3n) is 6.21. The molecule has 2 aliphatic rings. The van der Waals surface area contributed by atoms with E-state index >= 15 is 0 Å². The lowest BCUT2D eigenvalue weighted by molar-refractivity contribution is -0.128. The van der Waals surface area contributed by atoms with E-state index in [1.165, 1.54) is 6.39 Å². The number of aliphatic hydroxyl groups excluding tert-OH is 1. The summed E-state index contributed by atoms with van der Waals surface area (Å²) < 4.78 is 6.93. The molecule has 30 heavy (non-hydrogen) atoms. The summed E-state index contributed by atoms with van der Waals surface area (Å²) in [6, 6.07) is 3.16. The molecule has 0 aromatic carbocycles. The van der Waals surface area contributed by atoms with Crippen molar-refractivity contribution in [3.8, 4) is 0 Å². The number of carbonyl (C=O) groups excluding carboxylic acids is 1. The molecular weight excluding hydrogens is 384 g/mol. The number of nitrogens with one attached hydrogen (secondary N) is 1. The van der Waals surface area contributed by atoms with Gasteiger partial charge in [-0.25, -0.2) is 4.98 Å². The van der Waals surface area contributed by atoms with E-state index in [0.717, 1.165) is 12.1 Å². The van der Waals surface area contributed by atoms with Crippen molar-refractivity contribution in [2.75, 3.05) is 13.2 Å². The number of hydrogen-bond acceptors (Lipinski definition) is 6. The Hall–Kier alpha value is -2.71. The highest BCUT2D eigenvalue weighted by atomic mass is 16.3. The Morgan fingerprint density at radius 3 is 2.93 bits per heavy atom. The molecule has 1 fully saturated rings. The lowest BCUT2D eigenvalue weighted by Gasteiger charge is -2.30. The molecule has 0 radical (unpaired) electrons. The molecular formula is C22H28N4O4. The normalized spacial score (nSPS) is 25.6. The van der Waals surface area contributed by atoms with Crippen molar-refractivity contribution in [1.29, 1.82) is 0 Å². The van der Waals surface area contributed by atoms with Crippen molar-refractivity contribution in [3.05, 3.63) is 58.2 Å². The second-order valence-electron chi connectivity index (χ2n) is 7.97. The van der Waals surface area contributed by atoms with Crippen molar-refractivity contribution in [2.24, 2.45) is 11.8 Å². The number of aromatic nitrogens is 2. The van der Waals surface area contributed by atoms with E-state index in [1.807, 2.05) is 32.1 Å². The van der Waals surface area contributed by atoms with Gasteiger partial charge >= 0.3 is 0 Å². The first-order valence-corrected chi connectivity index (χ1v) is 10.5. The van der Waals surface area contributed by atoms with E-state index in [9.17, 15) is 14.7 Å². The minimum absolute atomic E-state index is 0.0344. The molecule has 2 N–H and O–H groups in total. The minimum atomic E-state index is -0.493. The molecule has 4 atom stereocenters. The summed E-state index contributed by atoms with van der Waals surface area (Å²) in [5.74, 6) is -0.399. The van der Waals surface area contributed by atoms with Gasteiger partial charge in [0.2, 0.25) is 5.91 Å². The molecule has 0 saturated carbocycles. The molecule has 1 saturated heterocycles. The molecule has 4 heterocycles. The van der Waals surface area contributed by atoms with E-state index in [-0.39, 0.29) is 36.0 Å². The molecule has 2 aliphatic heterocycles. The molecule has 160 valence electrons. The van der Waals surface area contributed by atoms with Crippen LogP contribution < -0.4 is 10.9 Å². The summed E-state index contributed by atoms with van der Waals surface area (Å²) in [6.07, 6.45) is 7.43. The predicted molar refractivity (Wildman–Crippen MR) is 111 cm³/mol. The fraction of sp³-hybridized carbons (Fsp3) is 0.500. The van der Waals surface area contributed by atoms with E-state index in [4.69, 9.17) is 4.42 Å². The van der Waals surface area contributed by atoms with Gasteiger partial charge < -0.3 is 19.4 Å². The topological polar surface area (TPSA) is 101 Å². The summed E-state index contributed by atoms with van der Waals surface area (Å²) in [7, 11) is 0. The first kappa shape index (κ1) is 20.6. The Balaban J connectivity index is 1.76. The van der Waals surface area contributed by atoms with Crippen LogP contribution in [0.1, 0.15) is 43.3 Å². The van der Waals surface area contributed by atoms with Gasteiger partial charge in [0, 0.05) is 49.3 Å². The van der Waals surface area contributed by atoms with Crippen LogP contribution in [0.15, 0.2) is 40.1 Å². The highest BCUT2D eigenvalue weighted by Gasteiger charge is 2.55. The van der Waals surface area contributed by atoms with Crippen LogP contribution in [0, 0.1) is 11.8 Å². The van der Waals surface area contributed by atoms with Gasteiger partial charge in [0.1, 0.15) is 6.26 Å². The van der Waals surface area contributed by atoms with Gasteiger partial charge in [0.05, 0.1) is 17.8 Å². The van der Waals surface area contributed by atoms with Crippen LogP contribution in [0.5, 0.6) is 0 Å². The number of rotatable bonds is 7. The molecule has 1 amide bonds. The summed E-state index contributed by atoms with van der Waals surface area (Å²) in [4.78, 5) is 32.4. The van der Waals surface area contributed by atoms with E-state index in [1.54, 1.807) is 16.9 Å². The summed E-state index contributed by atoms with van der Waals surface area (Å²) in [6.45, 7) is 5.25. The molecule has 0 spiro atoms. The number of carbonyl (C=O) groups is 1. The molecule has 0 unspecified atom stereocenters. The largest absolute Gasteiger partial charge is 0.451 e. The number of aliphatic hydroxyl groups is 1. The number of nitrogens with zero attached hydrogens (tertiary/aromatic N) is 3. The van der Waals surface area contributed by atoms with Crippen molar-refractivity contribution in [3.63, 3.8) is 0 Å². The maximum Gasteiger partial charge on any atom is 0.258 e. The zero-order chi connectivity index (χ0) is 21.3. The fourth-order valence-electron chi connectivity index (χ4n) is 4.96. The first-order chi connectivity index (χ1) is 14.6. The van der Waals surface area contributed by atoms with Gasteiger partial charge in [-0.05, 0) is 25.5 Å². The molecule has 2 aromatic rings. The van der Waals surface area contributed by atoms with Gasteiger partial charge in [-0.15, -0.1) is 0 Å². The first-order valence-electron chi connectivity index (χ1n) is 10.5. The van der Waals surface area contributed by atoms with Crippen LogP contribution in [-0.2, 0) is 17.9 Å². The Kier molecular flexibility index (Phi) is 5.87. The smallest absolute Gasteiger partial charge is 0.258 e. The minimum Gasteiger partial charge on any atom is -0.451 e. The maximum atomic E-state index is 13.1. The molecule has 2 aromatic heterocycles. The van der Waals surface area contributed by atoms with Gasteiger partial charge in [0.25, 0.3) is 5.56 Å². The third-order valence-corrected chi connectivity index (χ3v) is 6.21. The average Bonchev–Trinajstić information content (AvgIpc) is 3.44. The van der Waals surface area contributed by atoms with Crippen molar-refractivity contribution < 1.29 is 14.3 Å². The molecule has 8 nitrogen and oxygen atoms in total. The van der Waals surface area contributed by atoms with Crippen LogP contribution in [0.2, 0.25) is 0 Å². The molecule has 0 bridgehead atoms. The van der Waals surface area contributed by atoms with Crippen LogP contribution >= 0.6 is 0 Å².